The van der Waals surface area contributed by atoms with Crippen LogP contribution in [-0.4, -0.2) is 15.0 Å². The molecule has 3 heteroatoms. The van der Waals surface area contributed by atoms with Crippen LogP contribution in [0.25, 0.3) is 67.0 Å². The van der Waals surface area contributed by atoms with Crippen LogP contribution >= 0.6 is 0 Å². The monoisotopic (exact) mass is 617 g/mol. The zero-order chi connectivity index (χ0) is 31.9. The van der Waals surface area contributed by atoms with Gasteiger partial charge in [-0.15, -0.1) is 0 Å². The van der Waals surface area contributed by atoms with Crippen molar-refractivity contribution in [3.05, 3.63) is 163 Å². The Kier molecular flexibility index (Phi) is 7.04. The van der Waals surface area contributed by atoms with Crippen LogP contribution in [0.4, 0.5) is 0 Å². The van der Waals surface area contributed by atoms with E-state index in [0.29, 0.717) is 0 Å². The Morgan fingerprint density at radius 1 is 0.417 bits per heavy atom. The lowest BCUT2D eigenvalue weighted by Gasteiger charge is -2.37. The molecule has 0 saturated heterocycles. The van der Waals surface area contributed by atoms with Gasteiger partial charge in [0.05, 0.1) is 11.4 Å². The number of fused-ring (bicyclic) bond motifs is 5. The number of pyridine rings is 3. The molecule has 0 atom stereocenters. The maximum Gasteiger partial charge on any atom is 0.0731 e. The van der Waals surface area contributed by atoms with E-state index in [1.54, 1.807) is 18.0 Å². The zero-order valence-electron chi connectivity index (χ0n) is 26.8. The average Bonchev–Trinajstić information content (AvgIpc) is 3.44. The molecule has 3 heterocycles. The fourth-order valence-electron chi connectivity index (χ4n) is 8.22. The third kappa shape index (κ3) is 4.86. The molecule has 0 radical (unpaired) electrons. The Morgan fingerprint density at radius 3 is 1.81 bits per heavy atom. The quantitative estimate of drug-likeness (QED) is 0.193. The summed E-state index contributed by atoms with van der Waals surface area (Å²) in [5.74, 6) is 0. The second-order valence-electron chi connectivity index (χ2n) is 13.2. The van der Waals surface area contributed by atoms with E-state index in [9.17, 15) is 0 Å². The number of aromatic nitrogens is 3. The van der Waals surface area contributed by atoms with Crippen LogP contribution in [0.5, 0.6) is 0 Å². The van der Waals surface area contributed by atoms with Crippen LogP contribution in [0.15, 0.2) is 152 Å². The molecule has 0 amide bonds. The zero-order valence-corrected chi connectivity index (χ0v) is 26.8. The van der Waals surface area contributed by atoms with Crippen molar-refractivity contribution in [2.45, 2.75) is 37.5 Å². The molecule has 0 aliphatic heterocycles. The van der Waals surface area contributed by atoms with Gasteiger partial charge >= 0.3 is 0 Å². The summed E-state index contributed by atoms with van der Waals surface area (Å²) in [4.78, 5) is 13.8. The number of hydrogen-bond acceptors (Lipinski definition) is 3. The third-order valence-corrected chi connectivity index (χ3v) is 10.4. The third-order valence-electron chi connectivity index (χ3n) is 10.4. The maximum absolute atomic E-state index is 5.09. The summed E-state index contributed by atoms with van der Waals surface area (Å²) in [6, 6.07) is 46.4. The number of benzene rings is 4. The summed E-state index contributed by atoms with van der Waals surface area (Å²) in [5, 5.41) is 0. The summed E-state index contributed by atoms with van der Waals surface area (Å²) in [6.45, 7) is 0. The van der Waals surface area contributed by atoms with E-state index in [2.05, 4.69) is 125 Å². The van der Waals surface area contributed by atoms with Crippen molar-refractivity contribution in [3.8, 4) is 67.0 Å². The van der Waals surface area contributed by atoms with Crippen LogP contribution < -0.4 is 0 Å². The molecule has 2 aliphatic rings. The predicted molar refractivity (Wildman–Crippen MR) is 196 cm³/mol. The first-order valence-corrected chi connectivity index (χ1v) is 17.0. The maximum atomic E-state index is 5.09. The van der Waals surface area contributed by atoms with Gasteiger partial charge in [-0.3, -0.25) is 9.97 Å². The molecule has 0 N–H and O–H groups in total. The van der Waals surface area contributed by atoms with Gasteiger partial charge in [0.25, 0.3) is 0 Å². The number of hydrogen-bond donors (Lipinski definition) is 0. The van der Waals surface area contributed by atoms with Crippen molar-refractivity contribution in [2.75, 3.05) is 0 Å². The molecule has 3 aromatic heterocycles. The molecule has 2 aliphatic carbocycles. The number of nitrogens with zero attached hydrogens (tertiary/aromatic N) is 3. The molecule has 0 unspecified atom stereocenters. The Balaban J connectivity index is 1.09. The molecule has 7 aromatic rings. The van der Waals surface area contributed by atoms with Crippen molar-refractivity contribution >= 4 is 0 Å². The van der Waals surface area contributed by atoms with Gasteiger partial charge in [-0.2, -0.15) is 0 Å². The fourth-order valence-corrected chi connectivity index (χ4v) is 8.22. The van der Waals surface area contributed by atoms with Gasteiger partial charge in [0.2, 0.25) is 0 Å². The Morgan fingerprint density at radius 2 is 1.04 bits per heavy atom. The first-order chi connectivity index (χ1) is 23.8. The molecular weight excluding hydrogens is 583 g/mol. The predicted octanol–water partition coefficient (Wildman–Crippen LogP) is 11.4. The van der Waals surface area contributed by atoms with Gasteiger partial charge < -0.3 is 0 Å². The van der Waals surface area contributed by atoms with E-state index in [0.717, 1.165) is 33.6 Å². The van der Waals surface area contributed by atoms with Gasteiger partial charge in [0, 0.05) is 46.9 Å². The van der Waals surface area contributed by atoms with Gasteiger partial charge in [0.15, 0.2) is 0 Å². The lowest BCUT2D eigenvalue weighted by molar-refractivity contribution is 0.353. The second kappa shape index (κ2) is 11.8. The lowest BCUT2D eigenvalue weighted by Crippen LogP contribution is -2.28. The Labute approximate surface area is 282 Å². The van der Waals surface area contributed by atoms with Crippen LogP contribution in [0.2, 0.25) is 0 Å². The van der Waals surface area contributed by atoms with Crippen molar-refractivity contribution in [3.63, 3.8) is 0 Å². The highest BCUT2D eigenvalue weighted by Gasteiger charge is 2.45. The topological polar surface area (TPSA) is 38.7 Å². The molecule has 1 fully saturated rings. The van der Waals surface area contributed by atoms with E-state index in [1.807, 2.05) is 24.5 Å². The Hall–Kier alpha value is -5.67. The fraction of sp³-hybridized carbons (Fsp3) is 0.133. The highest BCUT2D eigenvalue weighted by Crippen LogP contribution is 2.58. The molecule has 9 rings (SSSR count). The highest BCUT2D eigenvalue weighted by atomic mass is 14.7. The summed E-state index contributed by atoms with van der Waals surface area (Å²) in [7, 11) is 0. The minimum atomic E-state index is 0.116. The minimum absolute atomic E-state index is 0.116. The second-order valence-corrected chi connectivity index (χ2v) is 13.2. The molecule has 230 valence electrons. The average molecular weight is 618 g/mol. The van der Waals surface area contributed by atoms with Crippen molar-refractivity contribution in [2.24, 2.45) is 0 Å². The lowest BCUT2D eigenvalue weighted by atomic mass is 9.66. The summed E-state index contributed by atoms with van der Waals surface area (Å²) >= 11 is 0. The Bertz CT molecular complexity index is 2190. The van der Waals surface area contributed by atoms with Gasteiger partial charge in [-0.25, -0.2) is 4.98 Å². The highest BCUT2D eigenvalue weighted by molar-refractivity contribution is 5.89. The summed E-state index contributed by atoms with van der Waals surface area (Å²) in [6.07, 6.45) is 13.7. The number of rotatable bonds is 5. The molecule has 0 bridgehead atoms. The molecule has 1 saturated carbocycles. The molecule has 48 heavy (non-hydrogen) atoms. The van der Waals surface area contributed by atoms with Crippen molar-refractivity contribution < 1.29 is 0 Å². The van der Waals surface area contributed by atoms with Gasteiger partial charge in [-0.1, -0.05) is 110 Å². The van der Waals surface area contributed by atoms with Crippen LogP contribution in [0, 0.1) is 0 Å². The van der Waals surface area contributed by atoms with Crippen molar-refractivity contribution in [1.82, 2.24) is 15.0 Å². The normalized spacial score (nSPS) is 14.4. The summed E-state index contributed by atoms with van der Waals surface area (Å²) < 4.78 is 0. The van der Waals surface area contributed by atoms with E-state index >= 15 is 0 Å². The molecule has 4 aromatic carbocycles. The molecular formula is C45H35N3. The van der Waals surface area contributed by atoms with Crippen molar-refractivity contribution in [1.29, 1.82) is 0 Å². The first kappa shape index (κ1) is 28.5. The summed E-state index contributed by atoms with van der Waals surface area (Å²) in [5.41, 5.74) is 17.1. The van der Waals surface area contributed by atoms with Crippen LogP contribution in [0.1, 0.15) is 43.2 Å². The molecule has 1 spiro atoms. The minimum Gasteiger partial charge on any atom is -0.264 e. The van der Waals surface area contributed by atoms with E-state index in [-0.39, 0.29) is 5.41 Å². The molecule has 3 nitrogen and oxygen atoms in total. The van der Waals surface area contributed by atoms with Gasteiger partial charge in [0.1, 0.15) is 0 Å². The van der Waals surface area contributed by atoms with Crippen LogP contribution in [-0.2, 0) is 5.41 Å². The SMILES string of the molecule is c1cncc(-c2cc(-c3ccc(-c4cccc(-c5cccc6c5C5(CCCCC5)c5ccccc5-6)c4)cc3)nc(-c3cccnc3)c2)c1. The van der Waals surface area contributed by atoms with E-state index in [1.165, 1.54) is 71.0 Å². The smallest absolute Gasteiger partial charge is 0.0731 e. The standard InChI is InChI=1S/C45H35N3/c1-4-22-45(23-5-1)41-17-3-2-14-39(41)40-16-7-15-38(44(40)45)34-11-6-10-33(26-34)31-18-20-32(21-19-31)42-27-37(35-12-8-24-46-29-35)28-43(48-42)36-13-9-25-47-30-36/h2-3,6-21,24-30H,1,4-5,22-23H2. The first-order valence-electron chi connectivity index (χ1n) is 17.0. The van der Waals surface area contributed by atoms with E-state index in [4.69, 9.17) is 4.98 Å². The largest absolute Gasteiger partial charge is 0.264 e. The van der Waals surface area contributed by atoms with Gasteiger partial charge in [-0.05, 0) is 99.3 Å². The van der Waals surface area contributed by atoms with E-state index < -0.39 is 0 Å². The van der Waals surface area contributed by atoms with Crippen LogP contribution in [0.3, 0.4) is 0 Å².